The summed E-state index contributed by atoms with van der Waals surface area (Å²) >= 11 is 6.07. The minimum Gasteiger partial charge on any atom is -0.336 e. The van der Waals surface area contributed by atoms with Gasteiger partial charge in [-0.3, -0.25) is 4.79 Å². The molecule has 21 heavy (non-hydrogen) atoms. The van der Waals surface area contributed by atoms with Crippen molar-refractivity contribution < 1.29 is 13.2 Å². The number of likely N-dealkylation sites (tertiary alicyclic amines) is 1. The van der Waals surface area contributed by atoms with E-state index in [0.717, 1.165) is 25.7 Å². The molecular formula is C14H17Cl2NO3S. The van der Waals surface area contributed by atoms with Crippen molar-refractivity contribution >= 4 is 37.2 Å². The fourth-order valence-electron chi connectivity index (χ4n) is 2.64. The second-order valence-corrected chi connectivity index (χ2v) is 8.19. The van der Waals surface area contributed by atoms with Crippen LogP contribution in [0, 0.1) is 0 Å². The van der Waals surface area contributed by atoms with Crippen molar-refractivity contribution in [3.05, 3.63) is 28.8 Å². The Balaban J connectivity index is 2.48. The monoisotopic (exact) mass is 349 g/mol. The maximum absolute atomic E-state index is 12.8. The number of hydrogen-bond donors (Lipinski definition) is 0. The van der Waals surface area contributed by atoms with Crippen molar-refractivity contribution in [2.75, 3.05) is 6.54 Å². The average Bonchev–Trinajstić information content (AvgIpc) is 2.61. The van der Waals surface area contributed by atoms with Gasteiger partial charge in [0.25, 0.3) is 15.0 Å². The lowest BCUT2D eigenvalue weighted by molar-refractivity contribution is 0.0694. The summed E-state index contributed by atoms with van der Waals surface area (Å²) in [5.74, 6) is -0.366. The summed E-state index contributed by atoms with van der Waals surface area (Å²) in [6, 6.07) is 4.34. The molecule has 2 rings (SSSR count). The predicted molar refractivity (Wildman–Crippen MR) is 83.5 cm³/mol. The minimum absolute atomic E-state index is 0.0251. The predicted octanol–water partition coefficient (Wildman–Crippen LogP) is 3.67. The lowest BCUT2D eigenvalue weighted by atomic mass is 10.1. The zero-order chi connectivity index (χ0) is 15.6. The van der Waals surface area contributed by atoms with E-state index in [4.69, 9.17) is 22.3 Å². The molecule has 1 saturated heterocycles. The van der Waals surface area contributed by atoms with Crippen molar-refractivity contribution in [3.8, 4) is 0 Å². The molecule has 1 unspecified atom stereocenters. The van der Waals surface area contributed by atoms with Crippen LogP contribution in [-0.4, -0.2) is 31.8 Å². The molecule has 0 radical (unpaired) electrons. The van der Waals surface area contributed by atoms with E-state index in [0.29, 0.717) is 6.54 Å². The van der Waals surface area contributed by atoms with Gasteiger partial charge in [-0.25, -0.2) is 8.42 Å². The number of halogens is 2. The Bertz CT molecular complexity index is 646. The third kappa shape index (κ3) is 3.71. The van der Waals surface area contributed by atoms with Gasteiger partial charge in [-0.1, -0.05) is 30.5 Å². The number of rotatable bonds is 2. The molecule has 7 heteroatoms. The van der Waals surface area contributed by atoms with Gasteiger partial charge in [-0.2, -0.15) is 0 Å². The van der Waals surface area contributed by atoms with Gasteiger partial charge in [-0.05, 0) is 31.9 Å². The van der Waals surface area contributed by atoms with Gasteiger partial charge in [0, 0.05) is 23.3 Å². The highest BCUT2D eigenvalue weighted by molar-refractivity contribution is 8.13. The first-order valence-corrected chi connectivity index (χ1v) is 9.55. The van der Waals surface area contributed by atoms with Gasteiger partial charge in [0.2, 0.25) is 0 Å². The molecule has 1 aliphatic heterocycles. The van der Waals surface area contributed by atoms with E-state index in [2.05, 4.69) is 0 Å². The number of amides is 1. The molecule has 0 aliphatic carbocycles. The van der Waals surface area contributed by atoms with Crippen molar-refractivity contribution in [3.63, 3.8) is 0 Å². The van der Waals surface area contributed by atoms with Crippen LogP contribution in [0.5, 0.6) is 0 Å². The molecule has 0 aromatic heterocycles. The summed E-state index contributed by atoms with van der Waals surface area (Å²) in [6.45, 7) is 2.57. The summed E-state index contributed by atoms with van der Waals surface area (Å²) in [6.07, 6.45) is 3.94. The van der Waals surface area contributed by atoms with Gasteiger partial charge >= 0.3 is 0 Å². The molecule has 1 heterocycles. The second-order valence-electron chi connectivity index (χ2n) is 5.25. The number of carbonyl (C=O) groups is 1. The number of carbonyl (C=O) groups excluding carboxylic acids is 1. The van der Waals surface area contributed by atoms with E-state index in [1.165, 1.54) is 18.2 Å². The van der Waals surface area contributed by atoms with Crippen LogP contribution >= 0.6 is 22.3 Å². The van der Waals surface area contributed by atoms with E-state index in [-0.39, 0.29) is 27.4 Å². The molecule has 1 atom stereocenters. The van der Waals surface area contributed by atoms with Crippen molar-refractivity contribution in [2.45, 2.75) is 43.5 Å². The van der Waals surface area contributed by atoms with Crippen molar-refractivity contribution in [1.29, 1.82) is 0 Å². The smallest absolute Gasteiger partial charge is 0.262 e. The van der Waals surface area contributed by atoms with Crippen LogP contribution in [0.2, 0.25) is 5.02 Å². The first kappa shape index (κ1) is 16.6. The van der Waals surface area contributed by atoms with Crippen molar-refractivity contribution in [1.82, 2.24) is 4.90 Å². The minimum atomic E-state index is -4.03. The van der Waals surface area contributed by atoms with Crippen LogP contribution in [0.1, 0.15) is 43.0 Å². The van der Waals surface area contributed by atoms with E-state index in [1.54, 1.807) is 4.90 Å². The molecule has 1 aromatic carbocycles. The molecule has 1 aliphatic rings. The largest absolute Gasteiger partial charge is 0.336 e. The molecular weight excluding hydrogens is 333 g/mol. The molecule has 0 spiro atoms. The third-order valence-corrected chi connectivity index (χ3v) is 5.45. The number of hydrogen-bond acceptors (Lipinski definition) is 3. The summed E-state index contributed by atoms with van der Waals surface area (Å²) in [5, 5.41) is 0.109. The molecule has 0 N–H and O–H groups in total. The Morgan fingerprint density at radius 2 is 2.00 bits per heavy atom. The quantitative estimate of drug-likeness (QED) is 0.765. The van der Waals surface area contributed by atoms with Gasteiger partial charge in [0.05, 0.1) is 15.5 Å². The van der Waals surface area contributed by atoms with E-state index in [9.17, 15) is 13.2 Å². The number of benzene rings is 1. The molecule has 0 bridgehead atoms. The zero-order valence-electron chi connectivity index (χ0n) is 11.7. The van der Waals surface area contributed by atoms with Crippen LogP contribution in [0.3, 0.4) is 0 Å². The van der Waals surface area contributed by atoms with Gasteiger partial charge in [0.15, 0.2) is 0 Å². The van der Waals surface area contributed by atoms with E-state index < -0.39 is 9.05 Å². The normalized spacial score (nSPS) is 20.1. The summed E-state index contributed by atoms with van der Waals surface area (Å²) in [4.78, 5) is 14.2. The Hall–Kier alpha value is -0.780. The van der Waals surface area contributed by atoms with Gasteiger partial charge < -0.3 is 4.90 Å². The van der Waals surface area contributed by atoms with Gasteiger partial charge in [-0.15, -0.1) is 0 Å². The first-order chi connectivity index (χ1) is 9.82. The van der Waals surface area contributed by atoms with Crippen molar-refractivity contribution in [2.24, 2.45) is 0 Å². The Labute approximate surface area is 134 Å². The maximum Gasteiger partial charge on any atom is 0.262 e. The summed E-state index contributed by atoms with van der Waals surface area (Å²) in [7, 11) is 1.40. The van der Waals surface area contributed by atoms with Gasteiger partial charge in [0.1, 0.15) is 0 Å². The van der Waals surface area contributed by atoms with E-state index >= 15 is 0 Å². The maximum atomic E-state index is 12.8. The molecule has 116 valence electrons. The Morgan fingerprint density at radius 3 is 2.67 bits per heavy atom. The van der Waals surface area contributed by atoms with Crippen LogP contribution in [0.25, 0.3) is 0 Å². The SMILES string of the molecule is CC1CCCCCN1C(=O)c1c(Cl)cccc1S(=O)(=O)Cl. The summed E-state index contributed by atoms with van der Waals surface area (Å²) < 4.78 is 23.4. The zero-order valence-corrected chi connectivity index (χ0v) is 14.0. The highest BCUT2D eigenvalue weighted by Gasteiger charge is 2.29. The Kier molecular flexibility index (Phi) is 5.17. The van der Waals surface area contributed by atoms with Crippen LogP contribution in [0.4, 0.5) is 0 Å². The third-order valence-electron chi connectivity index (χ3n) is 3.77. The molecule has 1 amide bonds. The Morgan fingerprint density at radius 1 is 1.29 bits per heavy atom. The van der Waals surface area contributed by atoms with Crippen LogP contribution in [-0.2, 0) is 9.05 Å². The lowest BCUT2D eigenvalue weighted by Crippen LogP contribution is -2.38. The lowest BCUT2D eigenvalue weighted by Gasteiger charge is -2.28. The highest BCUT2D eigenvalue weighted by atomic mass is 35.7. The fourth-order valence-corrected chi connectivity index (χ4v) is 4.01. The summed E-state index contributed by atoms with van der Waals surface area (Å²) in [5.41, 5.74) is -0.0251. The standard InChI is InChI=1S/C14H17Cl2NO3S/c1-10-6-3-2-4-9-17(10)14(18)13-11(15)7-5-8-12(13)21(16,19)20/h5,7-8,10H,2-4,6,9H2,1H3. The molecule has 1 aromatic rings. The van der Waals surface area contributed by atoms with Crippen LogP contribution in [0.15, 0.2) is 23.1 Å². The first-order valence-electron chi connectivity index (χ1n) is 6.86. The van der Waals surface area contributed by atoms with E-state index in [1.807, 2.05) is 6.92 Å². The topological polar surface area (TPSA) is 54.5 Å². The van der Waals surface area contributed by atoms with Crippen LogP contribution < -0.4 is 0 Å². The average molecular weight is 350 g/mol. The molecule has 1 fully saturated rings. The molecule has 0 saturated carbocycles. The fraction of sp³-hybridized carbons (Fsp3) is 0.500. The second kappa shape index (κ2) is 6.55. The highest BCUT2D eigenvalue weighted by Crippen LogP contribution is 2.29. The molecule has 4 nitrogen and oxygen atoms in total. The number of nitrogens with zero attached hydrogens (tertiary/aromatic N) is 1.